The van der Waals surface area contributed by atoms with Crippen LogP contribution in [0.1, 0.15) is 25.5 Å². The van der Waals surface area contributed by atoms with Gasteiger partial charge in [-0.15, -0.1) is 0 Å². The van der Waals surface area contributed by atoms with Crippen LogP contribution >= 0.6 is 11.6 Å². The maximum Gasteiger partial charge on any atom is 0.169 e. The average molecular weight is 277 g/mol. The quantitative estimate of drug-likeness (QED) is 0.884. The highest BCUT2D eigenvalue weighted by Gasteiger charge is 2.09. The fourth-order valence-corrected chi connectivity index (χ4v) is 1.94. The summed E-state index contributed by atoms with van der Waals surface area (Å²) in [4.78, 5) is 4.32. The monoisotopic (exact) mass is 276 g/mol. The molecule has 0 saturated heterocycles. The second kappa shape index (κ2) is 6.43. The Morgan fingerprint density at radius 2 is 2.00 bits per heavy atom. The van der Waals surface area contributed by atoms with Gasteiger partial charge in [-0.05, 0) is 43.7 Å². The molecular formula is C15H17ClN2O. The van der Waals surface area contributed by atoms with Crippen molar-refractivity contribution >= 4 is 17.4 Å². The molecule has 0 saturated carbocycles. The van der Waals surface area contributed by atoms with Crippen molar-refractivity contribution in [2.24, 2.45) is 0 Å². The van der Waals surface area contributed by atoms with Crippen LogP contribution in [0.2, 0.25) is 5.02 Å². The molecule has 1 heterocycles. The third-order valence-electron chi connectivity index (χ3n) is 2.79. The molecule has 1 N–H and O–H groups in total. The van der Waals surface area contributed by atoms with Gasteiger partial charge in [0, 0.05) is 11.2 Å². The van der Waals surface area contributed by atoms with Gasteiger partial charge >= 0.3 is 0 Å². The van der Waals surface area contributed by atoms with E-state index in [4.69, 9.17) is 16.3 Å². The largest absolute Gasteiger partial charge is 0.490 e. The summed E-state index contributed by atoms with van der Waals surface area (Å²) < 4.78 is 5.55. The van der Waals surface area contributed by atoms with Crippen LogP contribution in [0.3, 0.4) is 0 Å². The van der Waals surface area contributed by atoms with Crippen LogP contribution in [0.25, 0.3) is 0 Å². The van der Waals surface area contributed by atoms with Gasteiger partial charge in [-0.2, -0.15) is 0 Å². The molecule has 0 radical (unpaired) electrons. The number of rotatable bonds is 5. The first kappa shape index (κ1) is 13.7. The smallest absolute Gasteiger partial charge is 0.169 e. The van der Waals surface area contributed by atoms with E-state index in [0.717, 1.165) is 22.2 Å². The van der Waals surface area contributed by atoms with Gasteiger partial charge in [0.05, 0.1) is 12.6 Å². The molecule has 0 aliphatic heterocycles. The Bertz CT molecular complexity index is 528. The maximum absolute atomic E-state index is 5.89. The second-order valence-electron chi connectivity index (χ2n) is 4.20. The van der Waals surface area contributed by atoms with Crippen molar-refractivity contribution in [2.45, 2.75) is 19.9 Å². The molecule has 1 atom stereocenters. The lowest BCUT2D eigenvalue weighted by molar-refractivity contribution is 0.340. The molecule has 4 heteroatoms. The molecule has 1 aromatic heterocycles. The Balaban J connectivity index is 2.14. The number of hydrogen-bond acceptors (Lipinski definition) is 3. The Kier molecular flexibility index (Phi) is 4.63. The molecular weight excluding hydrogens is 260 g/mol. The molecule has 100 valence electrons. The van der Waals surface area contributed by atoms with Crippen molar-refractivity contribution in [3.63, 3.8) is 0 Å². The summed E-state index contributed by atoms with van der Waals surface area (Å²) in [6.07, 6.45) is 1.75. The van der Waals surface area contributed by atoms with E-state index in [1.165, 1.54) is 0 Å². The molecule has 19 heavy (non-hydrogen) atoms. The average Bonchev–Trinajstić information content (AvgIpc) is 2.42. The van der Waals surface area contributed by atoms with E-state index in [-0.39, 0.29) is 6.04 Å². The zero-order valence-corrected chi connectivity index (χ0v) is 11.8. The zero-order valence-electron chi connectivity index (χ0n) is 11.1. The van der Waals surface area contributed by atoms with E-state index in [2.05, 4.69) is 17.2 Å². The minimum absolute atomic E-state index is 0.131. The van der Waals surface area contributed by atoms with Gasteiger partial charge in [0.1, 0.15) is 0 Å². The summed E-state index contributed by atoms with van der Waals surface area (Å²) >= 11 is 5.89. The van der Waals surface area contributed by atoms with Crippen molar-refractivity contribution in [1.29, 1.82) is 0 Å². The van der Waals surface area contributed by atoms with Crippen molar-refractivity contribution in [1.82, 2.24) is 4.98 Å². The van der Waals surface area contributed by atoms with E-state index in [0.29, 0.717) is 6.61 Å². The summed E-state index contributed by atoms with van der Waals surface area (Å²) in [5, 5.41) is 4.09. The number of nitrogens with one attached hydrogen (secondary N) is 1. The first-order valence-corrected chi connectivity index (χ1v) is 6.68. The number of hydrogen-bond donors (Lipinski definition) is 1. The van der Waals surface area contributed by atoms with E-state index in [1.807, 2.05) is 43.3 Å². The predicted molar refractivity (Wildman–Crippen MR) is 78.9 cm³/mol. The maximum atomic E-state index is 5.89. The first-order valence-electron chi connectivity index (χ1n) is 6.30. The van der Waals surface area contributed by atoms with E-state index >= 15 is 0 Å². The van der Waals surface area contributed by atoms with Gasteiger partial charge in [-0.3, -0.25) is 0 Å². The van der Waals surface area contributed by atoms with Gasteiger partial charge in [0.25, 0.3) is 0 Å². The fourth-order valence-electron chi connectivity index (χ4n) is 1.81. The summed E-state index contributed by atoms with van der Waals surface area (Å²) in [5.74, 6) is 1.53. The minimum atomic E-state index is 0.131. The van der Waals surface area contributed by atoms with Crippen LogP contribution in [0.4, 0.5) is 5.82 Å². The molecule has 1 unspecified atom stereocenters. The second-order valence-corrected chi connectivity index (χ2v) is 4.64. The fraction of sp³-hybridized carbons (Fsp3) is 0.267. The lowest BCUT2D eigenvalue weighted by Crippen LogP contribution is -2.09. The van der Waals surface area contributed by atoms with Crippen LogP contribution in [-0.2, 0) is 0 Å². The summed E-state index contributed by atoms with van der Waals surface area (Å²) in [5.41, 5.74) is 1.15. The zero-order chi connectivity index (χ0) is 13.7. The molecule has 0 bridgehead atoms. The van der Waals surface area contributed by atoms with Gasteiger partial charge in [0.15, 0.2) is 11.6 Å². The molecule has 0 aliphatic carbocycles. The Hall–Kier alpha value is -1.74. The number of anilines is 1. The predicted octanol–water partition coefficient (Wildman–Crippen LogP) is 4.31. The summed E-state index contributed by atoms with van der Waals surface area (Å²) in [6, 6.07) is 11.7. The van der Waals surface area contributed by atoms with E-state index in [1.54, 1.807) is 6.20 Å². The molecule has 2 rings (SSSR count). The lowest BCUT2D eigenvalue weighted by Gasteiger charge is -2.17. The Morgan fingerprint density at radius 3 is 2.68 bits per heavy atom. The van der Waals surface area contributed by atoms with Crippen LogP contribution in [-0.4, -0.2) is 11.6 Å². The molecule has 1 aromatic carbocycles. The standard InChI is InChI=1S/C15H17ClN2O/c1-3-19-14-5-4-10-17-15(14)18-11(2)12-6-8-13(16)9-7-12/h4-11H,3H2,1-2H3,(H,17,18). The van der Waals surface area contributed by atoms with Crippen molar-refractivity contribution in [2.75, 3.05) is 11.9 Å². The SMILES string of the molecule is CCOc1cccnc1NC(C)c1ccc(Cl)cc1. The van der Waals surface area contributed by atoms with Gasteiger partial charge in [0.2, 0.25) is 0 Å². The molecule has 2 aromatic rings. The first-order chi connectivity index (χ1) is 9.20. The highest BCUT2D eigenvalue weighted by atomic mass is 35.5. The molecule has 0 aliphatic rings. The third-order valence-corrected chi connectivity index (χ3v) is 3.05. The van der Waals surface area contributed by atoms with Crippen molar-refractivity contribution in [3.8, 4) is 5.75 Å². The van der Waals surface area contributed by atoms with Crippen molar-refractivity contribution in [3.05, 3.63) is 53.2 Å². The minimum Gasteiger partial charge on any atom is -0.490 e. The molecule has 0 spiro atoms. The molecule has 0 fully saturated rings. The van der Waals surface area contributed by atoms with Gasteiger partial charge in [-0.1, -0.05) is 23.7 Å². The topological polar surface area (TPSA) is 34.1 Å². The lowest BCUT2D eigenvalue weighted by atomic mass is 10.1. The van der Waals surface area contributed by atoms with Crippen LogP contribution in [0, 0.1) is 0 Å². The summed E-state index contributed by atoms with van der Waals surface area (Å²) in [6.45, 7) is 4.66. The van der Waals surface area contributed by atoms with E-state index < -0.39 is 0 Å². The highest BCUT2D eigenvalue weighted by molar-refractivity contribution is 6.30. The number of benzene rings is 1. The van der Waals surface area contributed by atoms with Gasteiger partial charge < -0.3 is 10.1 Å². The van der Waals surface area contributed by atoms with Crippen molar-refractivity contribution < 1.29 is 4.74 Å². The van der Waals surface area contributed by atoms with Crippen LogP contribution < -0.4 is 10.1 Å². The molecule has 3 nitrogen and oxygen atoms in total. The van der Waals surface area contributed by atoms with Crippen LogP contribution in [0.5, 0.6) is 5.75 Å². The number of halogens is 1. The Morgan fingerprint density at radius 1 is 1.26 bits per heavy atom. The van der Waals surface area contributed by atoms with Crippen LogP contribution in [0.15, 0.2) is 42.6 Å². The number of ether oxygens (including phenoxy) is 1. The highest BCUT2D eigenvalue weighted by Crippen LogP contribution is 2.26. The Labute approximate surface area is 118 Å². The molecule has 0 amide bonds. The van der Waals surface area contributed by atoms with E-state index in [9.17, 15) is 0 Å². The van der Waals surface area contributed by atoms with Gasteiger partial charge in [-0.25, -0.2) is 4.98 Å². The third kappa shape index (κ3) is 3.61. The number of pyridine rings is 1. The number of nitrogens with zero attached hydrogens (tertiary/aromatic N) is 1. The summed E-state index contributed by atoms with van der Waals surface area (Å²) in [7, 11) is 0. The number of aromatic nitrogens is 1. The normalized spacial score (nSPS) is 11.9.